The van der Waals surface area contributed by atoms with E-state index in [1.54, 1.807) is 44.2 Å². The molecule has 2 aromatic carbocycles. The summed E-state index contributed by atoms with van der Waals surface area (Å²) in [6, 6.07) is 14.3. The van der Waals surface area contributed by atoms with Gasteiger partial charge in [0.2, 0.25) is 0 Å². The second-order valence-electron chi connectivity index (χ2n) is 7.27. The minimum Gasteiger partial charge on any atom is -0.464 e. The Morgan fingerprint density at radius 2 is 1.75 bits per heavy atom. The van der Waals surface area contributed by atoms with Crippen molar-refractivity contribution in [1.82, 2.24) is 4.57 Å². The van der Waals surface area contributed by atoms with Gasteiger partial charge in [0.05, 0.1) is 17.2 Å². The SMILES string of the molecule is CCOC(=O)[C@@H](OCC)c1cc(-c2ccc(S(C)(=O)=O)cc2)n(-c2cccc(F)c2)c1C. The Morgan fingerprint density at radius 3 is 2.31 bits per heavy atom. The van der Waals surface area contributed by atoms with Gasteiger partial charge in [-0.25, -0.2) is 17.6 Å². The Hall–Kier alpha value is -2.97. The Kier molecular flexibility index (Phi) is 7.16. The number of rotatable bonds is 8. The predicted octanol–water partition coefficient (Wildman–Crippen LogP) is 4.64. The summed E-state index contributed by atoms with van der Waals surface area (Å²) in [5, 5.41) is 0. The Balaban J connectivity index is 2.23. The summed E-state index contributed by atoms with van der Waals surface area (Å²) in [5.74, 6) is -0.907. The molecule has 0 saturated carbocycles. The minimum atomic E-state index is -3.35. The molecular formula is C24H26FNO5S. The van der Waals surface area contributed by atoms with Gasteiger partial charge in [-0.3, -0.25) is 0 Å². The van der Waals surface area contributed by atoms with E-state index in [0.29, 0.717) is 34.8 Å². The van der Waals surface area contributed by atoms with Crippen LogP contribution in [-0.2, 0) is 24.1 Å². The number of halogens is 1. The third-order valence-electron chi connectivity index (χ3n) is 5.05. The number of hydrogen-bond acceptors (Lipinski definition) is 5. The van der Waals surface area contributed by atoms with Crippen LogP contribution < -0.4 is 0 Å². The van der Waals surface area contributed by atoms with Crippen molar-refractivity contribution < 1.29 is 27.1 Å². The molecule has 0 N–H and O–H groups in total. The summed E-state index contributed by atoms with van der Waals surface area (Å²) in [5.41, 5.74) is 3.21. The van der Waals surface area contributed by atoms with E-state index in [4.69, 9.17) is 9.47 Å². The first-order valence-corrected chi connectivity index (χ1v) is 12.1. The first-order chi connectivity index (χ1) is 15.2. The lowest BCUT2D eigenvalue weighted by Crippen LogP contribution is -2.19. The van der Waals surface area contributed by atoms with Crippen molar-refractivity contribution in [1.29, 1.82) is 0 Å². The van der Waals surface area contributed by atoms with Crippen molar-refractivity contribution in [2.75, 3.05) is 19.5 Å². The molecule has 0 fully saturated rings. The average Bonchev–Trinajstić information content (AvgIpc) is 3.08. The van der Waals surface area contributed by atoms with Crippen molar-refractivity contribution in [2.45, 2.75) is 31.8 Å². The van der Waals surface area contributed by atoms with Gasteiger partial charge in [-0.2, -0.15) is 0 Å². The normalized spacial score (nSPS) is 12.5. The van der Waals surface area contributed by atoms with Crippen LogP contribution >= 0.6 is 0 Å². The molecule has 0 aliphatic heterocycles. The number of aromatic nitrogens is 1. The molecule has 0 bridgehead atoms. The third-order valence-corrected chi connectivity index (χ3v) is 6.18. The molecule has 6 nitrogen and oxygen atoms in total. The molecule has 8 heteroatoms. The smallest absolute Gasteiger partial charge is 0.339 e. The number of benzene rings is 2. The number of sulfone groups is 1. The zero-order valence-electron chi connectivity index (χ0n) is 18.5. The van der Waals surface area contributed by atoms with Crippen LogP contribution in [0, 0.1) is 12.7 Å². The molecule has 1 aromatic heterocycles. The fourth-order valence-electron chi connectivity index (χ4n) is 3.59. The van der Waals surface area contributed by atoms with Crippen LogP contribution in [0.2, 0.25) is 0 Å². The largest absolute Gasteiger partial charge is 0.464 e. The maximum atomic E-state index is 14.0. The first-order valence-electron chi connectivity index (χ1n) is 10.2. The molecule has 0 radical (unpaired) electrons. The van der Waals surface area contributed by atoms with E-state index in [2.05, 4.69) is 0 Å². The van der Waals surface area contributed by atoms with Crippen LogP contribution in [0.4, 0.5) is 4.39 Å². The summed E-state index contributed by atoms with van der Waals surface area (Å²) in [7, 11) is -3.35. The second kappa shape index (κ2) is 9.67. The topological polar surface area (TPSA) is 74.6 Å². The number of hydrogen-bond donors (Lipinski definition) is 0. The zero-order chi connectivity index (χ0) is 23.5. The van der Waals surface area contributed by atoms with Crippen LogP contribution in [0.5, 0.6) is 0 Å². The highest BCUT2D eigenvalue weighted by Gasteiger charge is 2.28. The van der Waals surface area contributed by atoms with Gasteiger partial charge in [-0.05, 0) is 62.7 Å². The maximum absolute atomic E-state index is 14.0. The Morgan fingerprint density at radius 1 is 1.06 bits per heavy atom. The standard InChI is InChI=1S/C24H26FNO5S/c1-5-30-23(24(27)31-6-2)21-15-22(17-10-12-20(13-11-17)32(4,28)29)26(16(21)3)19-9-7-8-18(25)14-19/h7-15,23H,5-6H2,1-4H3/t23-/m0/s1. The lowest BCUT2D eigenvalue weighted by atomic mass is 10.1. The van der Waals surface area contributed by atoms with E-state index in [9.17, 15) is 17.6 Å². The lowest BCUT2D eigenvalue weighted by Gasteiger charge is -2.17. The molecule has 32 heavy (non-hydrogen) atoms. The van der Waals surface area contributed by atoms with E-state index < -0.39 is 27.7 Å². The summed E-state index contributed by atoms with van der Waals surface area (Å²) in [4.78, 5) is 12.8. The number of ether oxygens (including phenoxy) is 2. The van der Waals surface area contributed by atoms with E-state index in [0.717, 1.165) is 6.26 Å². The van der Waals surface area contributed by atoms with E-state index in [1.165, 1.54) is 24.3 Å². The van der Waals surface area contributed by atoms with Crippen LogP contribution in [0.25, 0.3) is 16.9 Å². The van der Waals surface area contributed by atoms with Gasteiger partial charge in [-0.15, -0.1) is 0 Å². The molecule has 3 aromatic rings. The molecule has 0 saturated heterocycles. The van der Waals surface area contributed by atoms with Crippen LogP contribution in [0.1, 0.15) is 31.2 Å². The van der Waals surface area contributed by atoms with Crippen LogP contribution in [0.15, 0.2) is 59.5 Å². The summed E-state index contributed by atoms with van der Waals surface area (Å²) >= 11 is 0. The van der Waals surface area contributed by atoms with Crippen molar-refractivity contribution in [3.05, 3.63) is 71.7 Å². The summed E-state index contributed by atoms with van der Waals surface area (Å²) in [6.45, 7) is 5.84. The van der Waals surface area contributed by atoms with Gasteiger partial charge in [-0.1, -0.05) is 18.2 Å². The highest BCUT2D eigenvalue weighted by Crippen LogP contribution is 2.34. The van der Waals surface area contributed by atoms with Crippen molar-refractivity contribution in [2.24, 2.45) is 0 Å². The van der Waals surface area contributed by atoms with Crippen LogP contribution in [-0.4, -0.2) is 38.4 Å². The number of carbonyl (C=O) groups excluding carboxylic acids is 1. The van der Waals surface area contributed by atoms with Gasteiger partial charge in [0.25, 0.3) is 0 Å². The number of esters is 1. The van der Waals surface area contributed by atoms with Gasteiger partial charge in [0.15, 0.2) is 15.9 Å². The molecule has 1 heterocycles. The molecular weight excluding hydrogens is 433 g/mol. The molecule has 0 aliphatic carbocycles. The minimum absolute atomic E-state index is 0.195. The first kappa shape index (κ1) is 23.7. The van der Waals surface area contributed by atoms with Gasteiger partial charge >= 0.3 is 5.97 Å². The third kappa shape index (κ3) is 4.92. The van der Waals surface area contributed by atoms with Crippen molar-refractivity contribution in [3.63, 3.8) is 0 Å². The van der Waals surface area contributed by atoms with Crippen LogP contribution in [0.3, 0.4) is 0 Å². The molecule has 0 spiro atoms. The molecule has 3 rings (SSSR count). The van der Waals surface area contributed by atoms with E-state index >= 15 is 0 Å². The molecule has 170 valence electrons. The molecule has 1 atom stereocenters. The van der Waals surface area contributed by atoms with E-state index in [1.807, 2.05) is 11.5 Å². The molecule has 0 amide bonds. The molecule has 0 aliphatic rings. The molecule has 0 unspecified atom stereocenters. The van der Waals surface area contributed by atoms with Gasteiger partial charge in [0, 0.05) is 29.8 Å². The second-order valence-corrected chi connectivity index (χ2v) is 9.29. The maximum Gasteiger partial charge on any atom is 0.339 e. The average molecular weight is 460 g/mol. The lowest BCUT2D eigenvalue weighted by molar-refractivity contribution is -0.157. The fourth-order valence-corrected chi connectivity index (χ4v) is 4.22. The zero-order valence-corrected chi connectivity index (χ0v) is 19.3. The summed E-state index contributed by atoms with van der Waals surface area (Å²) in [6.07, 6.45) is 0.204. The fraction of sp³-hybridized carbons (Fsp3) is 0.292. The quantitative estimate of drug-likeness (QED) is 0.459. The Labute approximate surface area is 187 Å². The van der Waals surface area contributed by atoms with Crippen molar-refractivity contribution >= 4 is 15.8 Å². The highest BCUT2D eigenvalue weighted by atomic mass is 32.2. The van der Waals surface area contributed by atoms with Crippen molar-refractivity contribution in [3.8, 4) is 16.9 Å². The highest BCUT2D eigenvalue weighted by molar-refractivity contribution is 7.90. The van der Waals surface area contributed by atoms with E-state index in [-0.39, 0.29) is 11.5 Å². The monoisotopic (exact) mass is 459 g/mol. The van der Waals surface area contributed by atoms with Gasteiger partial charge < -0.3 is 14.0 Å². The number of nitrogens with zero attached hydrogens (tertiary/aromatic N) is 1. The number of carbonyl (C=O) groups is 1. The predicted molar refractivity (Wildman–Crippen MR) is 120 cm³/mol. The summed E-state index contributed by atoms with van der Waals surface area (Å²) < 4.78 is 50.5. The Bertz CT molecular complexity index is 1220. The van der Waals surface area contributed by atoms with Gasteiger partial charge in [0.1, 0.15) is 5.82 Å².